The van der Waals surface area contributed by atoms with Crippen LogP contribution in [-0.2, 0) is 0 Å². The third kappa shape index (κ3) is 1.00. The predicted molar refractivity (Wildman–Crippen MR) is 36.5 cm³/mol. The lowest BCUT2D eigenvalue weighted by Crippen LogP contribution is -1.83. The van der Waals surface area contributed by atoms with E-state index in [0.29, 0.717) is 11.1 Å². The molecule has 10 heavy (non-hydrogen) atoms. The summed E-state index contributed by atoms with van der Waals surface area (Å²) in [5.74, 6) is 0. The Morgan fingerprint density at radius 1 is 1.80 bits per heavy atom. The minimum atomic E-state index is 0.425. The molecule has 0 aliphatic carbocycles. The van der Waals surface area contributed by atoms with Gasteiger partial charge >= 0.3 is 0 Å². The molecule has 0 aliphatic heterocycles. The Morgan fingerprint density at radius 2 is 2.60 bits per heavy atom. The highest BCUT2D eigenvalue weighted by molar-refractivity contribution is 5.75. The molecule has 0 spiro atoms. The first-order valence-corrected chi connectivity index (χ1v) is 2.73. The monoisotopic (exact) mass is 134 g/mol. The molecule has 0 bridgehead atoms. The van der Waals surface area contributed by atoms with Crippen molar-refractivity contribution in [3.63, 3.8) is 0 Å². The fourth-order valence-electron chi connectivity index (χ4n) is 0.616. The zero-order valence-corrected chi connectivity index (χ0v) is 5.24. The maximum atomic E-state index is 8.46. The van der Waals surface area contributed by atoms with Gasteiger partial charge in [0.15, 0.2) is 0 Å². The fourth-order valence-corrected chi connectivity index (χ4v) is 0.616. The molecule has 1 rings (SSSR count). The Labute approximate surface area is 58.4 Å². The number of nitriles is 1. The largest absolute Gasteiger partial charge is 0.472 e. The summed E-state index contributed by atoms with van der Waals surface area (Å²) in [6.45, 7) is 0. The van der Waals surface area contributed by atoms with Crippen molar-refractivity contribution in [2.45, 2.75) is 0 Å². The summed E-state index contributed by atoms with van der Waals surface area (Å²) >= 11 is 0. The Balaban J connectivity index is 2.99. The summed E-state index contributed by atoms with van der Waals surface area (Å²) in [4.78, 5) is 0. The van der Waals surface area contributed by atoms with E-state index < -0.39 is 0 Å². The van der Waals surface area contributed by atoms with Crippen LogP contribution in [0, 0.1) is 11.3 Å². The van der Waals surface area contributed by atoms with Gasteiger partial charge in [-0.15, -0.1) is 0 Å². The van der Waals surface area contributed by atoms with Crippen LogP contribution in [0.1, 0.15) is 5.56 Å². The van der Waals surface area contributed by atoms with E-state index in [1.54, 1.807) is 6.07 Å². The van der Waals surface area contributed by atoms with Crippen molar-refractivity contribution in [2.75, 3.05) is 0 Å². The summed E-state index contributed by atoms with van der Waals surface area (Å²) in [6, 6.07) is 3.61. The van der Waals surface area contributed by atoms with Crippen molar-refractivity contribution in [1.29, 1.82) is 5.26 Å². The highest BCUT2D eigenvalue weighted by Crippen LogP contribution is 2.11. The van der Waals surface area contributed by atoms with Gasteiger partial charge in [-0.3, -0.25) is 0 Å². The third-order valence-electron chi connectivity index (χ3n) is 1.12. The summed E-state index contributed by atoms with van der Waals surface area (Å²) in [6.07, 6.45) is 4.23. The molecule has 1 aromatic rings. The van der Waals surface area contributed by atoms with Crippen LogP contribution in [-0.4, -0.2) is 0 Å². The van der Waals surface area contributed by atoms with Crippen molar-refractivity contribution in [2.24, 2.45) is 5.73 Å². The maximum absolute atomic E-state index is 8.46. The molecule has 0 saturated carbocycles. The van der Waals surface area contributed by atoms with Crippen LogP contribution < -0.4 is 5.73 Å². The number of nitrogens with zero attached hydrogens (tertiary/aromatic N) is 1. The van der Waals surface area contributed by atoms with Crippen LogP contribution in [0.4, 0.5) is 0 Å². The van der Waals surface area contributed by atoms with Gasteiger partial charge in [-0.2, -0.15) is 5.26 Å². The minimum absolute atomic E-state index is 0.425. The van der Waals surface area contributed by atoms with Crippen molar-refractivity contribution in [1.82, 2.24) is 0 Å². The molecule has 0 aromatic carbocycles. The zero-order chi connectivity index (χ0) is 7.40. The van der Waals surface area contributed by atoms with E-state index >= 15 is 0 Å². The first kappa shape index (κ1) is 6.43. The Hall–Kier alpha value is -1.69. The molecule has 0 fully saturated rings. The number of rotatable bonds is 1. The number of allylic oxidation sites excluding steroid dienone is 1. The number of hydrogen-bond acceptors (Lipinski definition) is 3. The molecule has 0 saturated heterocycles. The summed E-state index contributed by atoms with van der Waals surface area (Å²) in [5, 5.41) is 8.46. The summed E-state index contributed by atoms with van der Waals surface area (Å²) in [5.41, 5.74) is 6.29. The lowest BCUT2D eigenvalue weighted by molar-refractivity contribution is 0.566. The molecule has 1 aromatic heterocycles. The van der Waals surface area contributed by atoms with Crippen LogP contribution in [0.5, 0.6) is 0 Å². The van der Waals surface area contributed by atoms with Gasteiger partial charge in [0.25, 0.3) is 0 Å². The van der Waals surface area contributed by atoms with Crippen molar-refractivity contribution in [3.05, 3.63) is 30.4 Å². The van der Waals surface area contributed by atoms with Gasteiger partial charge < -0.3 is 10.2 Å². The minimum Gasteiger partial charge on any atom is -0.472 e. The van der Waals surface area contributed by atoms with Crippen LogP contribution in [0.2, 0.25) is 0 Å². The highest BCUT2D eigenvalue weighted by Gasteiger charge is 1.98. The van der Waals surface area contributed by atoms with Gasteiger partial charge in [0.2, 0.25) is 0 Å². The van der Waals surface area contributed by atoms with Gasteiger partial charge in [-0.05, 0) is 6.07 Å². The standard InChI is InChI=1S/C7H6N2O/c8-3-7(4-9)6-1-2-10-5-6/h1-3,5H,8H2/b7-3-. The van der Waals surface area contributed by atoms with Gasteiger partial charge in [0, 0.05) is 11.8 Å². The molecule has 0 atom stereocenters. The number of hydrogen-bond donors (Lipinski definition) is 1. The smallest absolute Gasteiger partial charge is 0.101 e. The maximum Gasteiger partial charge on any atom is 0.101 e. The van der Waals surface area contributed by atoms with Crippen molar-refractivity contribution in [3.8, 4) is 6.07 Å². The first-order chi connectivity index (χ1) is 4.88. The van der Waals surface area contributed by atoms with E-state index in [1.807, 2.05) is 6.07 Å². The molecule has 0 aliphatic rings. The Morgan fingerprint density at radius 3 is 3.00 bits per heavy atom. The fraction of sp³-hybridized carbons (Fsp3) is 0. The zero-order valence-electron chi connectivity index (χ0n) is 5.24. The Kier molecular flexibility index (Phi) is 1.76. The van der Waals surface area contributed by atoms with Crippen molar-refractivity contribution >= 4 is 5.57 Å². The van der Waals surface area contributed by atoms with Crippen LogP contribution in [0.3, 0.4) is 0 Å². The van der Waals surface area contributed by atoms with E-state index in [2.05, 4.69) is 0 Å². The van der Waals surface area contributed by atoms with Crippen molar-refractivity contribution < 1.29 is 4.42 Å². The SMILES string of the molecule is N#C/C(=C/N)c1ccoc1. The van der Waals surface area contributed by atoms with Crippen LogP contribution in [0.15, 0.2) is 29.2 Å². The molecule has 3 nitrogen and oxygen atoms in total. The van der Waals surface area contributed by atoms with E-state index in [9.17, 15) is 0 Å². The molecule has 50 valence electrons. The van der Waals surface area contributed by atoms with Crippen LogP contribution in [0.25, 0.3) is 5.57 Å². The summed E-state index contributed by atoms with van der Waals surface area (Å²) < 4.78 is 4.75. The molecule has 3 heteroatoms. The van der Waals surface area contributed by atoms with Gasteiger partial charge in [0.1, 0.15) is 6.07 Å². The topological polar surface area (TPSA) is 63.0 Å². The predicted octanol–water partition coefficient (Wildman–Crippen LogP) is 1.10. The lowest BCUT2D eigenvalue weighted by Gasteiger charge is -1.85. The average molecular weight is 134 g/mol. The van der Waals surface area contributed by atoms with Gasteiger partial charge in [-0.1, -0.05) is 0 Å². The average Bonchev–Trinajstić information content (AvgIpc) is 2.43. The highest BCUT2D eigenvalue weighted by atomic mass is 16.3. The van der Waals surface area contributed by atoms with E-state index in [-0.39, 0.29) is 0 Å². The molecule has 1 heterocycles. The molecular weight excluding hydrogens is 128 g/mol. The molecule has 0 amide bonds. The Bertz CT molecular complexity index is 266. The molecule has 0 unspecified atom stereocenters. The molecule has 0 radical (unpaired) electrons. The summed E-state index contributed by atoms with van der Waals surface area (Å²) in [7, 11) is 0. The second-order valence-corrected chi connectivity index (χ2v) is 1.70. The molecular formula is C7H6N2O. The number of nitrogens with two attached hydrogens (primary N) is 1. The first-order valence-electron chi connectivity index (χ1n) is 2.73. The normalized spacial score (nSPS) is 10.9. The van der Waals surface area contributed by atoms with E-state index in [4.69, 9.17) is 15.4 Å². The van der Waals surface area contributed by atoms with Crippen LogP contribution >= 0.6 is 0 Å². The van der Waals surface area contributed by atoms with E-state index in [0.717, 1.165) is 0 Å². The second kappa shape index (κ2) is 2.74. The van der Waals surface area contributed by atoms with E-state index in [1.165, 1.54) is 18.7 Å². The number of furan rings is 1. The second-order valence-electron chi connectivity index (χ2n) is 1.70. The lowest BCUT2D eigenvalue weighted by atomic mass is 10.2. The van der Waals surface area contributed by atoms with Gasteiger partial charge in [-0.25, -0.2) is 0 Å². The molecule has 2 N–H and O–H groups in total. The third-order valence-corrected chi connectivity index (χ3v) is 1.12. The quantitative estimate of drug-likeness (QED) is 0.585. The van der Waals surface area contributed by atoms with Gasteiger partial charge in [0.05, 0.1) is 18.1 Å².